The quantitative estimate of drug-likeness (QED) is 0.871. The first-order valence-corrected chi connectivity index (χ1v) is 8.64. The van der Waals surface area contributed by atoms with Gasteiger partial charge in [0.15, 0.2) is 5.13 Å². The number of thiazole rings is 1. The SMILES string of the molecule is O=C(CCNC(=O)c1ccccc1Cl)Nc1nc2c(s1)CCC2. The Morgan fingerprint density at radius 2 is 2.09 bits per heavy atom. The van der Waals surface area contributed by atoms with E-state index in [0.717, 1.165) is 25.0 Å². The molecule has 1 aromatic heterocycles. The van der Waals surface area contributed by atoms with Crippen molar-refractivity contribution >= 4 is 39.9 Å². The minimum Gasteiger partial charge on any atom is -0.351 e. The molecule has 1 aliphatic rings. The van der Waals surface area contributed by atoms with Crippen molar-refractivity contribution in [2.24, 2.45) is 0 Å². The lowest BCUT2D eigenvalue weighted by Gasteiger charge is -2.06. The third-order valence-electron chi connectivity index (χ3n) is 3.60. The smallest absolute Gasteiger partial charge is 0.252 e. The van der Waals surface area contributed by atoms with E-state index in [2.05, 4.69) is 15.6 Å². The van der Waals surface area contributed by atoms with Crippen LogP contribution in [0.1, 0.15) is 33.8 Å². The Morgan fingerprint density at radius 1 is 1.26 bits per heavy atom. The van der Waals surface area contributed by atoms with Crippen molar-refractivity contribution in [3.8, 4) is 0 Å². The van der Waals surface area contributed by atoms with Gasteiger partial charge in [-0.1, -0.05) is 23.7 Å². The van der Waals surface area contributed by atoms with E-state index in [4.69, 9.17) is 11.6 Å². The Hall–Kier alpha value is -1.92. The predicted octanol–water partition coefficient (Wildman–Crippen LogP) is 3.04. The Labute approximate surface area is 143 Å². The number of aryl methyl sites for hydroxylation is 2. The number of amides is 2. The van der Waals surface area contributed by atoms with Crippen molar-refractivity contribution in [2.75, 3.05) is 11.9 Å². The van der Waals surface area contributed by atoms with Gasteiger partial charge in [-0.25, -0.2) is 4.98 Å². The molecule has 0 radical (unpaired) electrons. The molecule has 23 heavy (non-hydrogen) atoms. The molecule has 5 nitrogen and oxygen atoms in total. The number of halogens is 1. The van der Waals surface area contributed by atoms with Crippen molar-refractivity contribution in [1.82, 2.24) is 10.3 Å². The second-order valence-electron chi connectivity index (χ2n) is 5.28. The molecule has 0 unspecified atom stereocenters. The van der Waals surface area contributed by atoms with Crippen LogP contribution in [0.25, 0.3) is 0 Å². The van der Waals surface area contributed by atoms with E-state index in [1.807, 2.05) is 0 Å². The van der Waals surface area contributed by atoms with Gasteiger partial charge in [0.1, 0.15) is 0 Å². The molecule has 2 aromatic rings. The van der Waals surface area contributed by atoms with E-state index in [-0.39, 0.29) is 24.8 Å². The van der Waals surface area contributed by atoms with Gasteiger partial charge in [-0.2, -0.15) is 0 Å². The second kappa shape index (κ2) is 7.10. The largest absolute Gasteiger partial charge is 0.351 e. The molecule has 1 aromatic carbocycles. The molecule has 7 heteroatoms. The molecule has 0 saturated carbocycles. The number of rotatable bonds is 5. The second-order valence-corrected chi connectivity index (χ2v) is 6.77. The van der Waals surface area contributed by atoms with Crippen LogP contribution in [0.5, 0.6) is 0 Å². The van der Waals surface area contributed by atoms with Crippen LogP contribution >= 0.6 is 22.9 Å². The average Bonchev–Trinajstić information content (AvgIpc) is 3.08. The maximum atomic E-state index is 12.0. The Bertz CT molecular complexity index is 723. The van der Waals surface area contributed by atoms with E-state index in [1.165, 1.54) is 4.88 Å². The van der Waals surface area contributed by atoms with Crippen molar-refractivity contribution < 1.29 is 9.59 Å². The van der Waals surface area contributed by atoms with Gasteiger partial charge in [0.05, 0.1) is 16.3 Å². The topological polar surface area (TPSA) is 71.1 Å². The fourth-order valence-electron chi connectivity index (χ4n) is 2.46. The molecule has 3 rings (SSSR count). The normalized spacial score (nSPS) is 12.7. The van der Waals surface area contributed by atoms with Crippen LogP contribution < -0.4 is 10.6 Å². The number of fused-ring (bicyclic) bond motifs is 1. The number of anilines is 1. The molecule has 2 amide bonds. The van der Waals surface area contributed by atoms with Crippen LogP contribution in [0.4, 0.5) is 5.13 Å². The van der Waals surface area contributed by atoms with Gasteiger partial charge in [-0.05, 0) is 31.4 Å². The third kappa shape index (κ3) is 3.89. The van der Waals surface area contributed by atoms with Crippen LogP contribution in [-0.2, 0) is 17.6 Å². The fraction of sp³-hybridized carbons (Fsp3) is 0.312. The van der Waals surface area contributed by atoms with E-state index in [1.54, 1.807) is 35.6 Å². The average molecular weight is 350 g/mol. The van der Waals surface area contributed by atoms with Crippen LogP contribution in [0.15, 0.2) is 24.3 Å². The molecule has 0 fully saturated rings. The number of hydrogen-bond donors (Lipinski definition) is 2. The summed E-state index contributed by atoms with van der Waals surface area (Å²) in [4.78, 5) is 29.6. The number of carbonyl (C=O) groups excluding carboxylic acids is 2. The number of nitrogens with one attached hydrogen (secondary N) is 2. The molecule has 0 atom stereocenters. The summed E-state index contributed by atoms with van der Waals surface area (Å²) in [7, 11) is 0. The van der Waals surface area contributed by atoms with E-state index in [9.17, 15) is 9.59 Å². The summed E-state index contributed by atoms with van der Waals surface area (Å²) in [5, 5.41) is 6.53. The van der Waals surface area contributed by atoms with Gasteiger partial charge in [-0.15, -0.1) is 11.3 Å². The lowest BCUT2D eigenvalue weighted by Crippen LogP contribution is -2.27. The number of benzene rings is 1. The van der Waals surface area contributed by atoms with Crippen molar-refractivity contribution in [3.05, 3.63) is 45.4 Å². The van der Waals surface area contributed by atoms with E-state index >= 15 is 0 Å². The molecular formula is C16H16ClN3O2S. The first-order valence-electron chi connectivity index (χ1n) is 7.44. The highest BCUT2D eigenvalue weighted by Gasteiger charge is 2.17. The highest BCUT2D eigenvalue weighted by molar-refractivity contribution is 7.15. The maximum absolute atomic E-state index is 12.0. The van der Waals surface area contributed by atoms with Crippen molar-refractivity contribution in [2.45, 2.75) is 25.7 Å². The molecular weight excluding hydrogens is 334 g/mol. The Balaban J connectivity index is 1.46. The zero-order chi connectivity index (χ0) is 16.2. The molecule has 0 spiro atoms. The summed E-state index contributed by atoms with van der Waals surface area (Å²) in [5.41, 5.74) is 1.52. The highest BCUT2D eigenvalue weighted by Crippen LogP contribution is 2.30. The highest BCUT2D eigenvalue weighted by atomic mass is 35.5. The Kier molecular flexibility index (Phi) is 4.93. The summed E-state index contributed by atoms with van der Waals surface area (Å²) < 4.78 is 0. The third-order valence-corrected chi connectivity index (χ3v) is 5.00. The van der Waals surface area contributed by atoms with Crippen LogP contribution in [0.2, 0.25) is 5.02 Å². The molecule has 0 saturated heterocycles. The lowest BCUT2D eigenvalue weighted by atomic mass is 10.2. The van der Waals surface area contributed by atoms with Gasteiger partial charge in [0.2, 0.25) is 5.91 Å². The van der Waals surface area contributed by atoms with Gasteiger partial charge in [0, 0.05) is 17.8 Å². The lowest BCUT2D eigenvalue weighted by molar-refractivity contribution is -0.116. The van der Waals surface area contributed by atoms with Gasteiger partial charge in [-0.3, -0.25) is 9.59 Å². The summed E-state index contributed by atoms with van der Waals surface area (Å²) in [5.74, 6) is -0.437. The first kappa shape index (κ1) is 16.0. The maximum Gasteiger partial charge on any atom is 0.252 e. The summed E-state index contributed by atoms with van der Waals surface area (Å²) >= 11 is 7.50. The minimum absolute atomic E-state index is 0.156. The molecule has 0 aliphatic heterocycles. The molecule has 120 valence electrons. The fourth-order valence-corrected chi connectivity index (χ4v) is 3.74. The van der Waals surface area contributed by atoms with Gasteiger partial charge < -0.3 is 10.6 Å². The zero-order valence-corrected chi connectivity index (χ0v) is 14.0. The van der Waals surface area contributed by atoms with Gasteiger partial charge in [0.25, 0.3) is 5.91 Å². The number of aromatic nitrogens is 1. The van der Waals surface area contributed by atoms with Crippen molar-refractivity contribution in [3.63, 3.8) is 0 Å². The Morgan fingerprint density at radius 3 is 2.87 bits per heavy atom. The summed E-state index contributed by atoms with van der Waals surface area (Å²) in [6, 6.07) is 6.81. The van der Waals surface area contributed by atoms with Crippen LogP contribution in [0, 0.1) is 0 Å². The summed E-state index contributed by atoms with van der Waals surface area (Å²) in [6.45, 7) is 0.251. The van der Waals surface area contributed by atoms with E-state index < -0.39 is 0 Å². The number of nitrogens with zero attached hydrogens (tertiary/aromatic N) is 1. The monoisotopic (exact) mass is 349 g/mol. The zero-order valence-electron chi connectivity index (χ0n) is 12.4. The molecule has 1 aliphatic carbocycles. The molecule has 2 N–H and O–H groups in total. The first-order chi connectivity index (χ1) is 11.1. The molecule has 0 bridgehead atoms. The van der Waals surface area contributed by atoms with Crippen LogP contribution in [0.3, 0.4) is 0 Å². The molecule has 1 heterocycles. The number of carbonyl (C=O) groups is 2. The van der Waals surface area contributed by atoms with Gasteiger partial charge >= 0.3 is 0 Å². The van der Waals surface area contributed by atoms with Crippen molar-refractivity contribution in [1.29, 1.82) is 0 Å². The summed E-state index contributed by atoms with van der Waals surface area (Å²) in [6.07, 6.45) is 3.39. The predicted molar refractivity (Wildman–Crippen MR) is 91.2 cm³/mol. The van der Waals surface area contributed by atoms with Crippen LogP contribution in [-0.4, -0.2) is 23.3 Å². The van der Waals surface area contributed by atoms with E-state index in [0.29, 0.717) is 15.7 Å². The standard InChI is InChI=1S/C16H16ClN3O2S/c17-11-5-2-1-4-10(11)15(22)18-9-8-14(21)20-16-19-12-6-3-7-13(12)23-16/h1-2,4-5H,3,6-9H2,(H,18,22)(H,19,20,21). The minimum atomic E-state index is -0.281. The number of hydrogen-bond acceptors (Lipinski definition) is 4.